The van der Waals surface area contributed by atoms with E-state index in [2.05, 4.69) is 47.3 Å². The van der Waals surface area contributed by atoms with Crippen LogP contribution >= 0.6 is 0 Å². The number of nitrogens with one attached hydrogen (secondary N) is 1. The van der Waals surface area contributed by atoms with Crippen molar-refractivity contribution in [2.45, 2.75) is 34.2 Å². The van der Waals surface area contributed by atoms with Gasteiger partial charge in [0.05, 0.1) is 0 Å². The number of hydrogen-bond acceptors (Lipinski definition) is 4. The van der Waals surface area contributed by atoms with Gasteiger partial charge < -0.3 is 10.2 Å². The first-order valence-electron chi connectivity index (χ1n) is 9.49. The molecule has 0 aliphatic rings. The first-order chi connectivity index (χ1) is 13.4. The van der Waals surface area contributed by atoms with Crippen molar-refractivity contribution in [1.29, 1.82) is 0 Å². The van der Waals surface area contributed by atoms with E-state index < -0.39 is 0 Å². The van der Waals surface area contributed by atoms with Crippen LogP contribution in [0.5, 0.6) is 0 Å². The molecule has 0 aliphatic carbocycles. The second kappa shape index (κ2) is 8.65. The van der Waals surface area contributed by atoms with E-state index in [0.717, 1.165) is 11.3 Å². The van der Waals surface area contributed by atoms with Gasteiger partial charge in [-0.25, -0.2) is 9.97 Å². The van der Waals surface area contributed by atoms with E-state index in [1.54, 1.807) is 17.9 Å². The highest BCUT2D eigenvalue weighted by Gasteiger charge is 2.18. The lowest BCUT2D eigenvalue weighted by atomic mass is 10.1. The summed E-state index contributed by atoms with van der Waals surface area (Å²) in [5.41, 5.74) is 4.79. The Morgan fingerprint density at radius 3 is 2.29 bits per heavy atom. The number of benzene rings is 2. The van der Waals surface area contributed by atoms with E-state index >= 15 is 0 Å². The Bertz CT molecular complexity index is 949. The molecule has 1 N–H and O–H groups in total. The van der Waals surface area contributed by atoms with Crippen LogP contribution in [0.3, 0.4) is 0 Å². The standard InChI is InChI=1S/C23H26N4O/c1-5-27(15-19-9-7-6-8-10-19)23(28)21-14-22(25-18(4)24-21)26-20-12-16(2)11-17(3)13-20/h6-14H,5,15H2,1-4H3,(H,24,25,26). The normalized spacial score (nSPS) is 10.6. The Morgan fingerprint density at radius 1 is 0.964 bits per heavy atom. The van der Waals surface area contributed by atoms with E-state index in [0.29, 0.717) is 30.4 Å². The third kappa shape index (κ3) is 4.94. The molecule has 144 valence electrons. The lowest BCUT2D eigenvalue weighted by Crippen LogP contribution is -2.31. The minimum Gasteiger partial charge on any atom is -0.340 e. The monoisotopic (exact) mass is 374 g/mol. The van der Waals surface area contributed by atoms with Crippen LogP contribution in [0.2, 0.25) is 0 Å². The van der Waals surface area contributed by atoms with Crippen LogP contribution in [0.15, 0.2) is 54.6 Å². The summed E-state index contributed by atoms with van der Waals surface area (Å²) in [5.74, 6) is 1.09. The molecule has 3 rings (SSSR count). The average Bonchev–Trinajstić information content (AvgIpc) is 2.65. The number of aryl methyl sites for hydroxylation is 3. The predicted octanol–water partition coefficient (Wildman–Crippen LogP) is 4.81. The van der Waals surface area contributed by atoms with Crippen LogP contribution in [-0.2, 0) is 6.54 Å². The van der Waals surface area contributed by atoms with Gasteiger partial charge in [-0.2, -0.15) is 0 Å². The van der Waals surface area contributed by atoms with Crippen molar-refractivity contribution >= 4 is 17.4 Å². The van der Waals surface area contributed by atoms with Crippen LogP contribution in [0.1, 0.15) is 39.9 Å². The molecular weight excluding hydrogens is 348 g/mol. The summed E-state index contributed by atoms with van der Waals surface area (Å²) in [7, 11) is 0. The van der Waals surface area contributed by atoms with E-state index in [-0.39, 0.29) is 5.91 Å². The fourth-order valence-electron chi connectivity index (χ4n) is 3.23. The van der Waals surface area contributed by atoms with Crippen molar-refractivity contribution < 1.29 is 4.79 Å². The van der Waals surface area contributed by atoms with E-state index in [4.69, 9.17) is 0 Å². The maximum absolute atomic E-state index is 13.1. The fraction of sp³-hybridized carbons (Fsp3) is 0.261. The molecule has 0 fully saturated rings. The molecule has 0 bridgehead atoms. The van der Waals surface area contributed by atoms with Gasteiger partial charge in [0, 0.05) is 24.8 Å². The van der Waals surface area contributed by atoms with Gasteiger partial charge in [0.2, 0.25) is 0 Å². The Morgan fingerprint density at radius 2 is 1.64 bits per heavy atom. The van der Waals surface area contributed by atoms with Crippen molar-refractivity contribution in [3.63, 3.8) is 0 Å². The minimum absolute atomic E-state index is 0.0969. The van der Waals surface area contributed by atoms with Gasteiger partial charge in [0.25, 0.3) is 5.91 Å². The van der Waals surface area contributed by atoms with E-state index in [1.165, 1.54) is 11.1 Å². The number of nitrogens with zero attached hydrogens (tertiary/aromatic N) is 3. The Labute approximate surface area is 166 Å². The third-order valence-corrected chi connectivity index (χ3v) is 4.44. The van der Waals surface area contributed by atoms with Crippen LogP contribution in [0.25, 0.3) is 0 Å². The highest BCUT2D eigenvalue weighted by molar-refractivity contribution is 5.93. The highest BCUT2D eigenvalue weighted by atomic mass is 16.2. The summed E-state index contributed by atoms with van der Waals surface area (Å²) in [5, 5.41) is 3.31. The zero-order valence-electron chi connectivity index (χ0n) is 16.9. The van der Waals surface area contributed by atoms with Gasteiger partial charge in [-0.3, -0.25) is 4.79 Å². The van der Waals surface area contributed by atoms with Crippen molar-refractivity contribution in [1.82, 2.24) is 14.9 Å². The quantitative estimate of drug-likeness (QED) is 0.673. The molecule has 1 aromatic heterocycles. The van der Waals surface area contributed by atoms with Crippen LogP contribution < -0.4 is 5.32 Å². The number of hydrogen-bond donors (Lipinski definition) is 1. The molecule has 0 radical (unpaired) electrons. The molecule has 0 saturated carbocycles. The number of aromatic nitrogens is 2. The lowest BCUT2D eigenvalue weighted by Gasteiger charge is -2.21. The summed E-state index contributed by atoms with van der Waals surface area (Å²) >= 11 is 0. The molecule has 0 atom stereocenters. The molecule has 0 unspecified atom stereocenters. The summed E-state index contributed by atoms with van der Waals surface area (Å²) < 4.78 is 0. The van der Waals surface area contributed by atoms with Gasteiger partial charge in [0.15, 0.2) is 0 Å². The number of carbonyl (C=O) groups is 1. The van der Waals surface area contributed by atoms with E-state index in [1.807, 2.05) is 37.3 Å². The third-order valence-electron chi connectivity index (χ3n) is 4.44. The van der Waals surface area contributed by atoms with Crippen LogP contribution in [0, 0.1) is 20.8 Å². The largest absolute Gasteiger partial charge is 0.340 e. The number of amides is 1. The van der Waals surface area contributed by atoms with Crippen molar-refractivity contribution in [2.75, 3.05) is 11.9 Å². The van der Waals surface area contributed by atoms with E-state index in [9.17, 15) is 4.79 Å². The Balaban J connectivity index is 1.84. The molecule has 3 aromatic rings. The first kappa shape index (κ1) is 19.5. The maximum Gasteiger partial charge on any atom is 0.272 e. The first-order valence-corrected chi connectivity index (χ1v) is 9.49. The van der Waals surface area contributed by atoms with Gasteiger partial charge in [0.1, 0.15) is 17.3 Å². The molecule has 5 nitrogen and oxygen atoms in total. The lowest BCUT2D eigenvalue weighted by molar-refractivity contribution is 0.0746. The summed E-state index contributed by atoms with van der Waals surface area (Å²) in [6, 6.07) is 17.9. The molecular formula is C23H26N4O. The predicted molar refractivity (Wildman–Crippen MR) is 113 cm³/mol. The summed E-state index contributed by atoms with van der Waals surface area (Å²) in [4.78, 5) is 23.7. The molecule has 1 heterocycles. The molecule has 28 heavy (non-hydrogen) atoms. The van der Waals surface area contributed by atoms with Gasteiger partial charge in [-0.15, -0.1) is 0 Å². The fourth-order valence-corrected chi connectivity index (χ4v) is 3.23. The molecule has 5 heteroatoms. The van der Waals surface area contributed by atoms with Gasteiger partial charge in [-0.05, 0) is 56.5 Å². The summed E-state index contributed by atoms with van der Waals surface area (Å²) in [6.07, 6.45) is 0. The van der Waals surface area contributed by atoms with Gasteiger partial charge >= 0.3 is 0 Å². The van der Waals surface area contributed by atoms with Crippen molar-refractivity contribution in [3.8, 4) is 0 Å². The van der Waals surface area contributed by atoms with Crippen molar-refractivity contribution in [3.05, 3.63) is 82.8 Å². The second-order valence-corrected chi connectivity index (χ2v) is 6.99. The zero-order valence-corrected chi connectivity index (χ0v) is 16.9. The van der Waals surface area contributed by atoms with Crippen molar-refractivity contribution in [2.24, 2.45) is 0 Å². The molecule has 0 spiro atoms. The number of rotatable bonds is 6. The second-order valence-electron chi connectivity index (χ2n) is 6.99. The smallest absolute Gasteiger partial charge is 0.272 e. The summed E-state index contributed by atoms with van der Waals surface area (Å²) in [6.45, 7) is 9.05. The molecule has 0 saturated heterocycles. The number of anilines is 2. The Hall–Kier alpha value is -3.21. The van der Waals surface area contributed by atoms with Gasteiger partial charge in [-0.1, -0.05) is 36.4 Å². The minimum atomic E-state index is -0.0969. The van der Waals surface area contributed by atoms with Crippen LogP contribution in [-0.4, -0.2) is 27.3 Å². The topological polar surface area (TPSA) is 58.1 Å². The highest BCUT2D eigenvalue weighted by Crippen LogP contribution is 2.20. The zero-order chi connectivity index (χ0) is 20.1. The average molecular weight is 374 g/mol. The van der Waals surface area contributed by atoms with Crippen LogP contribution in [0.4, 0.5) is 11.5 Å². The molecule has 0 aliphatic heterocycles. The SMILES string of the molecule is CCN(Cc1ccccc1)C(=O)c1cc(Nc2cc(C)cc(C)c2)nc(C)n1. The molecule has 2 aromatic carbocycles. The number of carbonyl (C=O) groups excluding carboxylic acids is 1. The Kier molecular flexibility index (Phi) is 6.04. The maximum atomic E-state index is 13.1. The molecule has 1 amide bonds.